The van der Waals surface area contributed by atoms with E-state index in [1.54, 1.807) is 0 Å². The Hall–Kier alpha value is -0.550. The van der Waals surface area contributed by atoms with Gasteiger partial charge in [0.05, 0.1) is 5.25 Å². The summed E-state index contributed by atoms with van der Waals surface area (Å²) in [5.74, 6) is 3.45. The summed E-state index contributed by atoms with van der Waals surface area (Å²) >= 11 is 1.95. The Morgan fingerprint density at radius 2 is 2.11 bits per heavy atom. The van der Waals surface area contributed by atoms with Crippen LogP contribution in [0.3, 0.4) is 0 Å². The molecule has 1 aliphatic heterocycles. The van der Waals surface area contributed by atoms with Crippen molar-refractivity contribution in [2.45, 2.75) is 56.2 Å². The zero-order valence-corrected chi connectivity index (χ0v) is 11.5. The Labute approximate surface area is 112 Å². The highest BCUT2D eigenvalue weighted by Gasteiger charge is 2.26. The number of rotatable bonds is 3. The van der Waals surface area contributed by atoms with Crippen molar-refractivity contribution in [2.75, 3.05) is 5.75 Å². The lowest BCUT2D eigenvalue weighted by molar-refractivity contribution is 0.272. The predicted molar refractivity (Wildman–Crippen MR) is 72.4 cm³/mol. The second-order valence-electron chi connectivity index (χ2n) is 5.46. The van der Waals surface area contributed by atoms with E-state index in [1.807, 2.05) is 11.8 Å². The molecule has 2 fully saturated rings. The van der Waals surface area contributed by atoms with Gasteiger partial charge >= 0.3 is 0 Å². The zero-order chi connectivity index (χ0) is 12.4. The lowest BCUT2D eigenvalue weighted by Gasteiger charge is -2.27. The van der Waals surface area contributed by atoms with E-state index >= 15 is 0 Å². The van der Waals surface area contributed by atoms with Crippen LogP contribution in [0.4, 0.5) is 0 Å². The number of hydrogen-bond acceptors (Lipinski definition) is 5. The van der Waals surface area contributed by atoms with Crippen LogP contribution in [0.25, 0.3) is 0 Å². The van der Waals surface area contributed by atoms with Crippen molar-refractivity contribution in [1.82, 2.24) is 10.1 Å². The molecule has 1 saturated heterocycles. The molecule has 1 aromatic rings. The monoisotopic (exact) mass is 267 g/mol. The van der Waals surface area contributed by atoms with Crippen molar-refractivity contribution in [1.29, 1.82) is 0 Å². The molecular weight excluding hydrogens is 246 g/mol. The first-order valence-corrected chi connectivity index (χ1v) is 8.07. The fraction of sp³-hybridized carbons (Fsp3) is 0.846. The molecule has 0 amide bonds. The van der Waals surface area contributed by atoms with E-state index in [2.05, 4.69) is 10.1 Å². The van der Waals surface area contributed by atoms with Crippen molar-refractivity contribution in [3.63, 3.8) is 0 Å². The molecule has 100 valence electrons. The topological polar surface area (TPSA) is 64.9 Å². The van der Waals surface area contributed by atoms with Gasteiger partial charge in [-0.25, -0.2) is 0 Å². The van der Waals surface area contributed by atoms with Gasteiger partial charge in [-0.3, -0.25) is 0 Å². The van der Waals surface area contributed by atoms with Gasteiger partial charge in [0.25, 0.3) is 0 Å². The van der Waals surface area contributed by atoms with Crippen LogP contribution >= 0.6 is 11.8 Å². The second-order valence-corrected chi connectivity index (χ2v) is 6.77. The van der Waals surface area contributed by atoms with Crippen molar-refractivity contribution in [3.05, 3.63) is 11.7 Å². The third kappa shape index (κ3) is 2.72. The number of hydrogen-bond donors (Lipinski definition) is 1. The number of thioether (sulfide) groups is 1. The minimum absolute atomic E-state index is 0.315. The van der Waals surface area contributed by atoms with Gasteiger partial charge in [-0.1, -0.05) is 18.0 Å². The molecule has 5 heteroatoms. The fourth-order valence-electron chi connectivity index (χ4n) is 2.98. The molecular formula is C13H21N3OS. The Morgan fingerprint density at radius 1 is 1.22 bits per heavy atom. The highest BCUT2D eigenvalue weighted by Crippen LogP contribution is 2.38. The first-order chi connectivity index (χ1) is 8.83. The standard InChI is InChI=1S/C13H21N3OS/c14-10-5-2-1-4-9(10)8-12-15-13(16-17-12)11-6-3-7-18-11/h9-11H,1-8,14H2. The third-order valence-electron chi connectivity index (χ3n) is 4.11. The van der Waals surface area contributed by atoms with Crippen LogP contribution in [0.5, 0.6) is 0 Å². The zero-order valence-electron chi connectivity index (χ0n) is 10.7. The van der Waals surface area contributed by atoms with E-state index in [1.165, 1.54) is 37.9 Å². The van der Waals surface area contributed by atoms with Crippen LogP contribution in [-0.4, -0.2) is 21.9 Å². The molecule has 2 heterocycles. The molecule has 2 N–H and O–H groups in total. The Morgan fingerprint density at radius 3 is 2.89 bits per heavy atom. The fourth-order valence-corrected chi connectivity index (χ4v) is 4.17. The summed E-state index contributed by atoms with van der Waals surface area (Å²) < 4.78 is 5.40. The Kier molecular flexibility index (Phi) is 3.89. The van der Waals surface area contributed by atoms with Crippen LogP contribution in [0.1, 0.15) is 55.5 Å². The summed E-state index contributed by atoms with van der Waals surface area (Å²) in [5, 5.41) is 4.60. The summed E-state index contributed by atoms with van der Waals surface area (Å²) in [6.45, 7) is 0. The largest absolute Gasteiger partial charge is 0.339 e. The van der Waals surface area contributed by atoms with Gasteiger partial charge in [0.15, 0.2) is 5.82 Å². The van der Waals surface area contributed by atoms with Crippen molar-refractivity contribution >= 4 is 11.8 Å². The van der Waals surface area contributed by atoms with Gasteiger partial charge in [0, 0.05) is 12.5 Å². The maximum atomic E-state index is 6.16. The van der Waals surface area contributed by atoms with Gasteiger partial charge in [-0.2, -0.15) is 16.7 Å². The third-order valence-corrected chi connectivity index (χ3v) is 5.48. The SMILES string of the molecule is NC1CCCCC1Cc1nc(C2CCCS2)no1. The second kappa shape index (κ2) is 5.61. The quantitative estimate of drug-likeness (QED) is 0.912. The van der Waals surface area contributed by atoms with Crippen molar-refractivity contribution in [2.24, 2.45) is 11.7 Å². The normalized spacial score (nSPS) is 32.8. The highest BCUT2D eigenvalue weighted by molar-refractivity contribution is 7.99. The minimum Gasteiger partial charge on any atom is -0.339 e. The van der Waals surface area contributed by atoms with E-state index in [0.717, 1.165) is 24.6 Å². The highest BCUT2D eigenvalue weighted by atomic mass is 32.2. The molecule has 0 aromatic carbocycles. The van der Waals surface area contributed by atoms with Crippen LogP contribution in [0, 0.1) is 5.92 Å². The van der Waals surface area contributed by atoms with E-state index in [-0.39, 0.29) is 0 Å². The molecule has 3 rings (SSSR count). The van der Waals surface area contributed by atoms with Crippen LogP contribution in [0.15, 0.2) is 4.52 Å². The Bertz CT molecular complexity index is 389. The first kappa shape index (κ1) is 12.5. The van der Waals surface area contributed by atoms with Crippen LogP contribution in [-0.2, 0) is 6.42 Å². The molecule has 1 saturated carbocycles. The van der Waals surface area contributed by atoms with E-state index in [4.69, 9.17) is 10.3 Å². The van der Waals surface area contributed by atoms with Gasteiger partial charge in [0.2, 0.25) is 5.89 Å². The average Bonchev–Trinajstić information content (AvgIpc) is 3.02. The summed E-state index contributed by atoms with van der Waals surface area (Å²) in [6, 6.07) is 0.315. The van der Waals surface area contributed by atoms with Gasteiger partial charge in [0.1, 0.15) is 0 Å². The van der Waals surface area contributed by atoms with Crippen LogP contribution < -0.4 is 5.73 Å². The molecule has 2 aliphatic rings. The van der Waals surface area contributed by atoms with Gasteiger partial charge in [-0.15, -0.1) is 0 Å². The number of nitrogens with two attached hydrogens (primary N) is 1. The van der Waals surface area contributed by atoms with Crippen LogP contribution in [0.2, 0.25) is 0 Å². The summed E-state index contributed by atoms with van der Waals surface area (Å²) in [7, 11) is 0. The molecule has 3 unspecified atom stereocenters. The van der Waals surface area contributed by atoms with Gasteiger partial charge < -0.3 is 10.3 Å². The summed E-state index contributed by atoms with van der Waals surface area (Å²) in [6.07, 6.45) is 8.23. The van der Waals surface area contributed by atoms with Crippen molar-refractivity contribution < 1.29 is 4.52 Å². The number of nitrogens with zero attached hydrogens (tertiary/aromatic N) is 2. The maximum Gasteiger partial charge on any atom is 0.227 e. The molecule has 4 nitrogen and oxygen atoms in total. The van der Waals surface area contributed by atoms with E-state index < -0.39 is 0 Å². The lowest BCUT2D eigenvalue weighted by atomic mass is 9.83. The molecule has 1 aliphatic carbocycles. The minimum atomic E-state index is 0.315. The predicted octanol–water partition coefficient (Wildman–Crippen LogP) is 2.70. The molecule has 0 spiro atoms. The molecule has 18 heavy (non-hydrogen) atoms. The van der Waals surface area contributed by atoms with Crippen molar-refractivity contribution in [3.8, 4) is 0 Å². The number of aromatic nitrogens is 2. The van der Waals surface area contributed by atoms with E-state index in [9.17, 15) is 0 Å². The molecule has 0 bridgehead atoms. The molecule has 3 atom stereocenters. The Balaban J connectivity index is 1.62. The summed E-state index contributed by atoms with van der Waals surface area (Å²) in [5.41, 5.74) is 6.16. The summed E-state index contributed by atoms with van der Waals surface area (Å²) in [4.78, 5) is 4.57. The molecule has 1 aromatic heterocycles. The van der Waals surface area contributed by atoms with E-state index in [0.29, 0.717) is 17.2 Å². The maximum absolute atomic E-state index is 6.16. The van der Waals surface area contributed by atoms with Gasteiger partial charge in [-0.05, 0) is 37.4 Å². The molecule has 0 radical (unpaired) electrons. The lowest BCUT2D eigenvalue weighted by Crippen LogP contribution is -2.34. The average molecular weight is 267 g/mol. The smallest absolute Gasteiger partial charge is 0.227 e. The first-order valence-electron chi connectivity index (χ1n) is 7.02.